The van der Waals surface area contributed by atoms with Crippen molar-refractivity contribution < 1.29 is 14.0 Å². The van der Waals surface area contributed by atoms with Gasteiger partial charge >= 0.3 is 0 Å². The van der Waals surface area contributed by atoms with Gasteiger partial charge in [0.05, 0.1) is 16.3 Å². The van der Waals surface area contributed by atoms with Crippen molar-refractivity contribution in [1.29, 1.82) is 0 Å². The van der Waals surface area contributed by atoms with E-state index < -0.39 is 17.6 Å². The fraction of sp³-hybridized carbons (Fsp3) is 0.208. The molecule has 1 aliphatic heterocycles. The van der Waals surface area contributed by atoms with Crippen molar-refractivity contribution in [3.05, 3.63) is 88.3 Å². The van der Waals surface area contributed by atoms with Gasteiger partial charge < -0.3 is 21.3 Å². The highest BCUT2D eigenvalue weighted by molar-refractivity contribution is 6.30. The van der Waals surface area contributed by atoms with E-state index in [1.165, 1.54) is 24.4 Å². The van der Waals surface area contributed by atoms with E-state index in [4.69, 9.17) is 11.6 Å². The summed E-state index contributed by atoms with van der Waals surface area (Å²) in [4.78, 5) is 29.5. The van der Waals surface area contributed by atoms with E-state index in [2.05, 4.69) is 26.3 Å². The van der Waals surface area contributed by atoms with Crippen LogP contribution in [-0.4, -0.2) is 36.4 Å². The number of nitrogens with one attached hydrogen (secondary N) is 4. The first-order valence-corrected chi connectivity index (χ1v) is 11.0. The largest absolute Gasteiger partial charge is 0.321 e. The lowest BCUT2D eigenvalue weighted by Gasteiger charge is -2.17. The molecule has 1 atom stereocenters. The third-order valence-corrected chi connectivity index (χ3v) is 5.51. The molecule has 0 aliphatic carbocycles. The van der Waals surface area contributed by atoms with Crippen LogP contribution < -0.4 is 21.3 Å². The van der Waals surface area contributed by atoms with Gasteiger partial charge in [0.1, 0.15) is 11.6 Å². The van der Waals surface area contributed by atoms with Gasteiger partial charge in [0, 0.05) is 24.3 Å². The molecular formula is C24H23ClFN5O2. The molecule has 2 aromatic carbocycles. The van der Waals surface area contributed by atoms with Gasteiger partial charge in [-0.3, -0.25) is 9.59 Å². The minimum atomic E-state index is -0.609. The molecule has 0 spiro atoms. The summed E-state index contributed by atoms with van der Waals surface area (Å²) in [7, 11) is 0. The first kappa shape index (κ1) is 22.8. The molecule has 2 amide bonds. The first-order chi connectivity index (χ1) is 16.0. The van der Waals surface area contributed by atoms with Gasteiger partial charge in [0.2, 0.25) is 0 Å². The van der Waals surface area contributed by atoms with E-state index in [1.54, 1.807) is 18.2 Å². The summed E-state index contributed by atoms with van der Waals surface area (Å²) in [6.07, 6.45) is 2.45. The van der Waals surface area contributed by atoms with Gasteiger partial charge in [-0.25, -0.2) is 9.37 Å². The second-order valence-electron chi connectivity index (χ2n) is 7.65. The van der Waals surface area contributed by atoms with E-state index >= 15 is 0 Å². The number of nitrogens with zero attached hydrogens (tertiary/aromatic N) is 1. The number of aromatic nitrogens is 1. The fourth-order valence-electron chi connectivity index (χ4n) is 3.55. The number of carbonyl (C=O) groups is 2. The van der Waals surface area contributed by atoms with Crippen molar-refractivity contribution in [3.63, 3.8) is 0 Å². The van der Waals surface area contributed by atoms with E-state index in [-0.39, 0.29) is 23.1 Å². The van der Waals surface area contributed by atoms with Crippen LogP contribution in [0, 0.1) is 5.82 Å². The summed E-state index contributed by atoms with van der Waals surface area (Å²) in [5.74, 6) is -1.36. The summed E-state index contributed by atoms with van der Waals surface area (Å²) < 4.78 is 13.9. The van der Waals surface area contributed by atoms with Crippen molar-refractivity contribution >= 4 is 34.9 Å². The Kier molecular flexibility index (Phi) is 7.29. The zero-order valence-corrected chi connectivity index (χ0v) is 18.5. The molecule has 0 saturated carbocycles. The molecule has 4 N–H and O–H groups in total. The lowest BCUT2D eigenvalue weighted by atomic mass is 10.0. The number of pyridine rings is 1. The van der Waals surface area contributed by atoms with Crippen molar-refractivity contribution in [2.45, 2.75) is 12.5 Å². The van der Waals surface area contributed by atoms with Crippen molar-refractivity contribution in [1.82, 2.24) is 15.6 Å². The van der Waals surface area contributed by atoms with Crippen LogP contribution in [0.5, 0.6) is 0 Å². The number of hydrogen-bond donors (Lipinski definition) is 4. The number of anilines is 2. The summed E-state index contributed by atoms with van der Waals surface area (Å²) in [5, 5.41) is 12.6. The second kappa shape index (κ2) is 10.5. The number of halogens is 2. The molecule has 7 nitrogen and oxygen atoms in total. The molecule has 1 aromatic heterocycles. The van der Waals surface area contributed by atoms with Gasteiger partial charge in [0.15, 0.2) is 0 Å². The predicted molar refractivity (Wildman–Crippen MR) is 126 cm³/mol. The molecule has 1 aliphatic rings. The maximum absolute atomic E-state index is 13.9. The molecule has 1 saturated heterocycles. The number of rotatable bonds is 5. The van der Waals surface area contributed by atoms with Crippen LogP contribution in [-0.2, 0) is 0 Å². The molecule has 9 heteroatoms. The molecule has 170 valence electrons. The normalized spacial score (nSPS) is 16.0. The zero-order chi connectivity index (χ0) is 23.2. The smallest absolute Gasteiger partial charge is 0.259 e. The second-order valence-corrected chi connectivity index (χ2v) is 8.08. The molecule has 1 unspecified atom stereocenters. The van der Waals surface area contributed by atoms with Gasteiger partial charge in [-0.05, 0) is 67.5 Å². The molecule has 3 aromatic rings. The maximum atomic E-state index is 13.9. The van der Waals surface area contributed by atoms with E-state index in [9.17, 15) is 14.0 Å². The Balaban J connectivity index is 1.48. The minimum Gasteiger partial charge on any atom is -0.321 e. The van der Waals surface area contributed by atoms with Gasteiger partial charge in [-0.1, -0.05) is 23.7 Å². The Labute approximate surface area is 195 Å². The van der Waals surface area contributed by atoms with Crippen molar-refractivity contribution in [2.75, 3.05) is 30.3 Å². The highest BCUT2D eigenvalue weighted by atomic mass is 35.5. The molecule has 33 heavy (non-hydrogen) atoms. The van der Waals surface area contributed by atoms with Gasteiger partial charge in [0.25, 0.3) is 11.8 Å². The number of carbonyl (C=O) groups excluding carboxylic acids is 2. The Morgan fingerprint density at radius 2 is 1.82 bits per heavy atom. The van der Waals surface area contributed by atoms with Crippen LogP contribution in [0.15, 0.2) is 60.8 Å². The Bertz CT molecular complexity index is 1130. The quantitative estimate of drug-likeness (QED) is 0.455. The minimum absolute atomic E-state index is 0.0227. The topological polar surface area (TPSA) is 95.2 Å². The average molecular weight is 468 g/mol. The monoisotopic (exact) mass is 467 g/mol. The van der Waals surface area contributed by atoms with Crippen LogP contribution in [0.1, 0.15) is 38.7 Å². The summed E-state index contributed by atoms with van der Waals surface area (Å²) in [6, 6.07) is 14.2. The summed E-state index contributed by atoms with van der Waals surface area (Å²) >= 11 is 5.81. The van der Waals surface area contributed by atoms with Crippen LogP contribution in [0.3, 0.4) is 0 Å². The molecule has 1 fully saturated rings. The molecule has 0 bridgehead atoms. The van der Waals surface area contributed by atoms with Crippen LogP contribution >= 0.6 is 11.6 Å². The van der Waals surface area contributed by atoms with Crippen LogP contribution in [0.4, 0.5) is 15.9 Å². The third kappa shape index (κ3) is 5.92. The highest BCUT2D eigenvalue weighted by Gasteiger charge is 2.18. The average Bonchev–Trinajstić information content (AvgIpc) is 3.11. The number of hydrogen-bond acceptors (Lipinski definition) is 5. The molecule has 2 heterocycles. The molecule has 4 rings (SSSR count). The van der Waals surface area contributed by atoms with E-state index in [0.29, 0.717) is 10.6 Å². The predicted octanol–water partition coefficient (Wildman–Crippen LogP) is 4.00. The van der Waals surface area contributed by atoms with Gasteiger partial charge in [-0.2, -0.15) is 0 Å². The van der Waals surface area contributed by atoms with E-state index in [1.807, 2.05) is 12.1 Å². The highest BCUT2D eigenvalue weighted by Crippen LogP contribution is 2.21. The number of benzene rings is 2. The van der Waals surface area contributed by atoms with E-state index in [0.717, 1.165) is 37.7 Å². The van der Waals surface area contributed by atoms with Gasteiger partial charge in [-0.15, -0.1) is 0 Å². The summed E-state index contributed by atoms with van der Waals surface area (Å²) in [5.41, 5.74) is 1.67. The molecular weight excluding hydrogens is 445 g/mol. The first-order valence-electron chi connectivity index (χ1n) is 10.6. The Hall–Kier alpha value is -3.33. The van der Waals surface area contributed by atoms with Crippen LogP contribution in [0.25, 0.3) is 0 Å². The Morgan fingerprint density at radius 1 is 1.00 bits per heavy atom. The van der Waals surface area contributed by atoms with Crippen molar-refractivity contribution in [3.8, 4) is 0 Å². The SMILES string of the molecule is O=C(Nc1ccc(F)cc1C(=O)Nc1ccc(Cl)cn1)c1ccc(C2CNCCCN2)cc1. The lowest BCUT2D eigenvalue weighted by Crippen LogP contribution is -2.27. The maximum Gasteiger partial charge on any atom is 0.259 e. The van der Waals surface area contributed by atoms with Crippen molar-refractivity contribution in [2.24, 2.45) is 0 Å². The molecule has 0 radical (unpaired) electrons. The number of amides is 2. The standard InChI is InChI=1S/C24H23ClFN5O2/c25-17-6-9-22(29-13-17)31-24(33)19-12-18(26)7-8-20(19)30-23(32)16-4-2-15(3-5-16)21-14-27-10-1-11-28-21/h2-9,12-13,21,27-28H,1,10-11,14H2,(H,30,32)(H,29,31,33). The van der Waals surface area contributed by atoms with Crippen LogP contribution in [0.2, 0.25) is 5.02 Å². The third-order valence-electron chi connectivity index (χ3n) is 5.29. The Morgan fingerprint density at radius 3 is 2.58 bits per heavy atom. The summed E-state index contributed by atoms with van der Waals surface area (Å²) in [6.45, 7) is 2.73. The zero-order valence-electron chi connectivity index (χ0n) is 17.7. The fourth-order valence-corrected chi connectivity index (χ4v) is 3.66. The lowest BCUT2D eigenvalue weighted by molar-refractivity contribution is 0.102.